The molecule has 0 aromatic carbocycles. The van der Waals surface area contributed by atoms with E-state index >= 15 is 0 Å². The number of allylic oxidation sites excluding steroid dienone is 3. The number of unbranched alkanes of at least 4 members (excludes halogenated alkanes) is 1. The lowest BCUT2D eigenvalue weighted by Gasteiger charge is -2.56. The minimum atomic E-state index is 0.509. The van der Waals surface area contributed by atoms with Crippen molar-refractivity contribution in [2.75, 3.05) is 0 Å². The van der Waals surface area contributed by atoms with Crippen molar-refractivity contribution in [2.45, 2.75) is 120 Å². The Labute approximate surface area is 190 Å². The Bertz CT molecular complexity index is 567. The van der Waals surface area contributed by atoms with E-state index in [-0.39, 0.29) is 0 Å². The fourth-order valence-electron chi connectivity index (χ4n) is 7.35. The van der Waals surface area contributed by atoms with E-state index in [0.29, 0.717) is 5.41 Å². The Morgan fingerprint density at radius 1 is 1.03 bits per heavy atom. The lowest BCUT2D eigenvalue weighted by atomic mass is 9.49. The largest absolute Gasteiger partial charge is 0.0955 e. The van der Waals surface area contributed by atoms with Crippen molar-refractivity contribution in [2.24, 2.45) is 46.8 Å². The average molecular weight is 415 g/mol. The van der Waals surface area contributed by atoms with Crippen LogP contribution in [0.3, 0.4) is 0 Å². The molecule has 7 unspecified atom stereocenters. The molecule has 0 N–H and O–H groups in total. The minimum Gasteiger partial charge on any atom is -0.0955 e. The van der Waals surface area contributed by atoms with Crippen LogP contribution in [0.15, 0.2) is 23.8 Å². The molecule has 0 spiro atoms. The zero-order chi connectivity index (χ0) is 22.5. The van der Waals surface area contributed by atoms with Gasteiger partial charge in [-0.15, -0.1) is 0 Å². The van der Waals surface area contributed by atoms with Gasteiger partial charge >= 0.3 is 0 Å². The number of rotatable bonds is 3. The van der Waals surface area contributed by atoms with Crippen molar-refractivity contribution in [1.29, 1.82) is 0 Å². The van der Waals surface area contributed by atoms with Crippen LogP contribution < -0.4 is 0 Å². The third-order valence-corrected chi connectivity index (χ3v) is 9.14. The van der Waals surface area contributed by atoms with Crippen LogP contribution in [-0.2, 0) is 0 Å². The maximum absolute atomic E-state index is 4.55. The third-order valence-electron chi connectivity index (χ3n) is 9.14. The summed E-state index contributed by atoms with van der Waals surface area (Å²) in [5.74, 6) is 6.44. The van der Waals surface area contributed by atoms with Gasteiger partial charge in [-0.2, -0.15) is 0 Å². The van der Waals surface area contributed by atoms with Crippen molar-refractivity contribution in [3.63, 3.8) is 0 Å². The standard InChI is InChI=1S/C21H32.C7H16.C2H6/c1-13-9-10-21(4)16(11-13)12-15(3)20-18-6-5-14(2)17(18)7-8-19(20)21;1-4-5-6-7(2)3;1-2/h12-14,17-20H,3,5-11H2,1-2,4H3;7H,4-6H2,1-3H3;1-2H3. The predicted molar refractivity (Wildman–Crippen MR) is 136 cm³/mol. The van der Waals surface area contributed by atoms with Crippen LogP contribution in [0.2, 0.25) is 0 Å². The van der Waals surface area contributed by atoms with Gasteiger partial charge in [0.25, 0.3) is 0 Å². The lowest BCUT2D eigenvalue weighted by Crippen LogP contribution is -2.47. The Hall–Kier alpha value is -0.520. The normalized spacial score (nSPS) is 39.5. The summed E-state index contributed by atoms with van der Waals surface area (Å²) in [6.45, 7) is 22.9. The quantitative estimate of drug-likeness (QED) is 0.431. The first-order valence-corrected chi connectivity index (χ1v) is 13.7. The van der Waals surface area contributed by atoms with E-state index in [1.807, 2.05) is 13.8 Å². The van der Waals surface area contributed by atoms with Crippen LogP contribution in [-0.4, -0.2) is 0 Å². The maximum Gasteiger partial charge on any atom is -0.00788 e. The van der Waals surface area contributed by atoms with Gasteiger partial charge in [0.05, 0.1) is 0 Å². The van der Waals surface area contributed by atoms with Crippen LogP contribution in [0.5, 0.6) is 0 Å². The molecule has 174 valence electrons. The van der Waals surface area contributed by atoms with E-state index in [0.717, 1.165) is 41.4 Å². The molecule has 0 heterocycles. The molecule has 0 heteroatoms. The molecule has 0 amide bonds. The Morgan fingerprint density at radius 3 is 2.30 bits per heavy atom. The van der Waals surface area contributed by atoms with Gasteiger partial charge in [0.1, 0.15) is 0 Å². The SMILES string of the molecule is C=C1C=C2CC(C)CCC2(C)C2CCC3C(C)CCC3C12.CC.CCCCC(C)C. The number of hydrogen-bond acceptors (Lipinski definition) is 0. The van der Waals surface area contributed by atoms with Crippen LogP contribution >= 0.6 is 0 Å². The first-order chi connectivity index (χ1) is 14.3. The molecule has 0 aromatic heterocycles. The molecule has 7 atom stereocenters. The van der Waals surface area contributed by atoms with Gasteiger partial charge in [-0.05, 0) is 85.4 Å². The predicted octanol–water partition coefficient (Wildman–Crippen LogP) is 9.86. The Kier molecular flexibility index (Phi) is 9.76. The topological polar surface area (TPSA) is 0 Å². The minimum absolute atomic E-state index is 0.509. The highest BCUT2D eigenvalue weighted by Gasteiger charge is 2.54. The van der Waals surface area contributed by atoms with Gasteiger partial charge in [-0.1, -0.05) is 105 Å². The molecular formula is C30H54. The first kappa shape index (κ1) is 25.7. The summed E-state index contributed by atoms with van der Waals surface area (Å²) in [6.07, 6.45) is 16.8. The second kappa shape index (κ2) is 11.4. The molecular weight excluding hydrogens is 360 g/mol. The summed E-state index contributed by atoms with van der Waals surface area (Å²) in [5.41, 5.74) is 3.78. The molecule has 4 aliphatic rings. The maximum atomic E-state index is 4.55. The van der Waals surface area contributed by atoms with Gasteiger partial charge in [-0.25, -0.2) is 0 Å². The fraction of sp³-hybridized carbons (Fsp3) is 0.867. The van der Waals surface area contributed by atoms with Gasteiger partial charge < -0.3 is 0 Å². The molecule has 0 bridgehead atoms. The second-order valence-corrected chi connectivity index (χ2v) is 11.6. The molecule has 0 nitrogen and oxygen atoms in total. The monoisotopic (exact) mass is 414 g/mol. The van der Waals surface area contributed by atoms with Crippen molar-refractivity contribution in [3.05, 3.63) is 23.8 Å². The van der Waals surface area contributed by atoms with Crippen LogP contribution in [0.25, 0.3) is 0 Å². The summed E-state index contributed by atoms with van der Waals surface area (Å²) in [4.78, 5) is 0. The number of fused-ring (bicyclic) bond motifs is 5. The fourth-order valence-corrected chi connectivity index (χ4v) is 7.35. The molecule has 0 radical (unpaired) electrons. The Morgan fingerprint density at radius 2 is 1.70 bits per heavy atom. The lowest BCUT2D eigenvalue weighted by molar-refractivity contribution is 0.0239. The highest BCUT2D eigenvalue weighted by Crippen LogP contribution is 2.63. The number of hydrogen-bond donors (Lipinski definition) is 0. The summed E-state index contributed by atoms with van der Waals surface area (Å²) in [5, 5.41) is 0. The molecule has 0 saturated heterocycles. The molecule has 4 rings (SSSR count). The van der Waals surface area contributed by atoms with Crippen LogP contribution in [0, 0.1) is 46.8 Å². The van der Waals surface area contributed by atoms with Crippen molar-refractivity contribution < 1.29 is 0 Å². The molecule has 30 heavy (non-hydrogen) atoms. The molecule has 3 fully saturated rings. The summed E-state index contributed by atoms with van der Waals surface area (Å²) in [7, 11) is 0. The van der Waals surface area contributed by atoms with Crippen molar-refractivity contribution in [1.82, 2.24) is 0 Å². The first-order valence-electron chi connectivity index (χ1n) is 13.7. The highest BCUT2D eigenvalue weighted by atomic mass is 14.6. The van der Waals surface area contributed by atoms with Crippen molar-refractivity contribution in [3.8, 4) is 0 Å². The molecule has 0 aromatic rings. The van der Waals surface area contributed by atoms with E-state index in [2.05, 4.69) is 54.2 Å². The van der Waals surface area contributed by atoms with Gasteiger partial charge in [0.15, 0.2) is 0 Å². The van der Waals surface area contributed by atoms with E-state index in [1.54, 1.807) is 5.57 Å². The van der Waals surface area contributed by atoms with E-state index in [4.69, 9.17) is 0 Å². The second-order valence-electron chi connectivity index (χ2n) is 11.6. The smallest absolute Gasteiger partial charge is 0.00788 e. The Balaban J connectivity index is 0.000000306. The van der Waals surface area contributed by atoms with Gasteiger partial charge in [0.2, 0.25) is 0 Å². The zero-order valence-corrected chi connectivity index (χ0v) is 21.9. The van der Waals surface area contributed by atoms with E-state index in [1.165, 1.54) is 69.8 Å². The average Bonchev–Trinajstić information content (AvgIpc) is 3.11. The summed E-state index contributed by atoms with van der Waals surface area (Å²) < 4.78 is 0. The van der Waals surface area contributed by atoms with Gasteiger partial charge in [0, 0.05) is 0 Å². The van der Waals surface area contributed by atoms with E-state index in [9.17, 15) is 0 Å². The summed E-state index contributed by atoms with van der Waals surface area (Å²) >= 11 is 0. The zero-order valence-electron chi connectivity index (χ0n) is 21.9. The van der Waals surface area contributed by atoms with Gasteiger partial charge in [-0.3, -0.25) is 0 Å². The van der Waals surface area contributed by atoms with Crippen LogP contribution in [0.1, 0.15) is 120 Å². The molecule has 0 aliphatic heterocycles. The summed E-state index contributed by atoms with van der Waals surface area (Å²) in [6, 6.07) is 0. The highest BCUT2D eigenvalue weighted by molar-refractivity contribution is 5.37. The van der Waals surface area contributed by atoms with E-state index < -0.39 is 0 Å². The third kappa shape index (κ3) is 5.45. The van der Waals surface area contributed by atoms with Crippen LogP contribution in [0.4, 0.5) is 0 Å². The molecule has 4 aliphatic carbocycles. The molecule has 3 saturated carbocycles. The van der Waals surface area contributed by atoms with Crippen molar-refractivity contribution >= 4 is 0 Å².